The zero-order valence-corrected chi connectivity index (χ0v) is 40.5. The van der Waals surface area contributed by atoms with Gasteiger partial charge in [0, 0.05) is 43.8 Å². The minimum atomic E-state index is -1.34. The van der Waals surface area contributed by atoms with Crippen molar-refractivity contribution in [1.82, 2.24) is 14.5 Å². The molecule has 3 heterocycles. The van der Waals surface area contributed by atoms with Crippen LogP contribution in [0.1, 0.15) is 95.4 Å². The molecule has 60 heavy (non-hydrogen) atoms. The van der Waals surface area contributed by atoms with E-state index in [0.717, 1.165) is 51.1 Å². The zero-order chi connectivity index (χ0) is 42.0. The van der Waals surface area contributed by atoms with Crippen LogP contribution >= 0.6 is 0 Å². The summed E-state index contributed by atoms with van der Waals surface area (Å²) in [5.41, 5.74) is 15.0. The third-order valence-electron chi connectivity index (χ3n) is 11.1. The molecule has 6 heteroatoms. The Morgan fingerprint density at radius 1 is 0.700 bits per heavy atom. The first-order chi connectivity index (χ1) is 28.2. The third kappa shape index (κ3) is 9.52. The van der Waals surface area contributed by atoms with Crippen molar-refractivity contribution in [2.24, 2.45) is 5.92 Å². The van der Waals surface area contributed by atoms with Gasteiger partial charge < -0.3 is 14.0 Å². The molecule has 1 radical (unpaired) electrons. The minimum absolute atomic E-state index is 0. The predicted molar refractivity (Wildman–Crippen MR) is 253 cm³/mol. The van der Waals surface area contributed by atoms with E-state index in [9.17, 15) is 0 Å². The number of hydrogen-bond acceptors (Lipinski definition) is 3. The van der Waals surface area contributed by atoms with Gasteiger partial charge in [0.2, 0.25) is 0 Å². The molecule has 0 aliphatic rings. The molecule has 0 atom stereocenters. The van der Waals surface area contributed by atoms with E-state index in [-0.39, 0.29) is 20.1 Å². The molecule has 4 nitrogen and oxygen atoms in total. The van der Waals surface area contributed by atoms with Crippen molar-refractivity contribution in [2.75, 3.05) is 0 Å². The van der Waals surface area contributed by atoms with Crippen LogP contribution in [-0.4, -0.2) is 22.6 Å². The van der Waals surface area contributed by atoms with Crippen molar-refractivity contribution in [3.8, 4) is 39.5 Å². The summed E-state index contributed by atoms with van der Waals surface area (Å²) in [5.74, 6) is 2.59. The van der Waals surface area contributed by atoms with E-state index in [1.165, 1.54) is 44.3 Å². The van der Waals surface area contributed by atoms with E-state index < -0.39 is 8.07 Å². The second-order valence-electron chi connectivity index (χ2n) is 18.3. The van der Waals surface area contributed by atoms with Crippen molar-refractivity contribution >= 4 is 35.3 Å². The van der Waals surface area contributed by atoms with Crippen LogP contribution < -0.4 is 5.19 Å². The summed E-state index contributed by atoms with van der Waals surface area (Å²) in [7, 11) is -1.34. The van der Waals surface area contributed by atoms with Crippen molar-refractivity contribution in [3.05, 3.63) is 156 Å². The summed E-state index contributed by atoms with van der Waals surface area (Å²) < 4.78 is 8.39. The number of para-hydroxylation sites is 2. The topological polar surface area (TPSA) is 43.9 Å². The Morgan fingerprint density at radius 3 is 1.98 bits per heavy atom. The third-order valence-corrected chi connectivity index (χ3v) is 13.2. The summed E-state index contributed by atoms with van der Waals surface area (Å²) in [4.78, 5) is 9.88. The summed E-state index contributed by atoms with van der Waals surface area (Å²) in [5, 5.41) is 2.53. The first-order valence-electron chi connectivity index (χ1n) is 21.3. The van der Waals surface area contributed by atoms with Gasteiger partial charge in [-0.25, -0.2) is 0 Å². The van der Waals surface area contributed by atoms with Gasteiger partial charge >= 0.3 is 0 Å². The summed E-state index contributed by atoms with van der Waals surface area (Å²) in [6.45, 7) is 25.3. The van der Waals surface area contributed by atoms with Crippen LogP contribution in [0.4, 0.5) is 0 Å². The molecule has 8 rings (SSSR count). The van der Waals surface area contributed by atoms with Crippen molar-refractivity contribution in [3.63, 3.8) is 0 Å². The summed E-state index contributed by atoms with van der Waals surface area (Å²) >= 11 is 0. The molecule has 0 saturated carbocycles. The maximum Gasteiger partial charge on any atom is 0.0798 e. The first kappa shape index (κ1) is 44.7. The van der Waals surface area contributed by atoms with E-state index >= 15 is 0 Å². The van der Waals surface area contributed by atoms with Gasteiger partial charge in [-0.3, -0.25) is 4.98 Å². The number of rotatable bonds is 10. The van der Waals surface area contributed by atoms with Gasteiger partial charge in [-0.1, -0.05) is 158 Å². The fourth-order valence-corrected chi connectivity index (χ4v) is 9.62. The molecule has 0 fully saturated rings. The molecular weight excluding hydrogens is 927 g/mol. The molecule has 0 spiro atoms. The van der Waals surface area contributed by atoms with E-state index in [0.29, 0.717) is 23.7 Å². The maximum absolute atomic E-state index is 6.04. The SMILES string of the molecule is CC(C)Cc1cc(-c2[c-]cccc2)ncc1[Si](C)(C)C.CC(C)c1ccc2c(-c3nc4ccccc4n3-c3c(C(C)C)cc(-c4ccccc4)cc3C(C)C)[c-]oc2c1.[Ir]. The average molecular weight is 986 g/mol. The van der Waals surface area contributed by atoms with Gasteiger partial charge in [0.1, 0.15) is 0 Å². The number of nitrogens with zero attached hydrogens (tertiary/aromatic N) is 3. The molecule has 8 aromatic rings. The van der Waals surface area contributed by atoms with Crippen molar-refractivity contribution in [1.29, 1.82) is 0 Å². The van der Waals surface area contributed by atoms with Crippen LogP contribution in [0.5, 0.6) is 0 Å². The quantitative estimate of drug-likeness (QED) is 0.101. The molecule has 5 aromatic carbocycles. The van der Waals surface area contributed by atoms with Crippen LogP contribution in [0.25, 0.3) is 61.5 Å². The first-order valence-corrected chi connectivity index (χ1v) is 24.8. The Hall–Kier alpha value is -4.87. The number of imidazole rings is 1. The van der Waals surface area contributed by atoms with E-state index in [4.69, 9.17) is 9.40 Å². The van der Waals surface area contributed by atoms with E-state index in [2.05, 4.69) is 200 Å². The molecule has 3 aromatic heterocycles. The van der Waals surface area contributed by atoms with Crippen LogP contribution in [0.15, 0.2) is 126 Å². The van der Waals surface area contributed by atoms with Gasteiger partial charge in [-0.15, -0.1) is 42.0 Å². The fourth-order valence-electron chi connectivity index (χ4n) is 8.03. The van der Waals surface area contributed by atoms with Crippen molar-refractivity contribution in [2.45, 2.75) is 99.2 Å². The Morgan fingerprint density at radius 2 is 1.37 bits per heavy atom. The molecule has 311 valence electrons. The van der Waals surface area contributed by atoms with E-state index in [1.54, 1.807) is 0 Å². The average Bonchev–Trinajstić information content (AvgIpc) is 3.81. The predicted octanol–water partition coefficient (Wildman–Crippen LogP) is 14.6. The Labute approximate surface area is 372 Å². The molecule has 0 N–H and O–H groups in total. The molecular formula is C54H59IrN3OSi-2. The number of benzene rings is 5. The molecule has 0 aliphatic carbocycles. The Kier molecular flexibility index (Phi) is 14.0. The Bertz CT molecular complexity index is 2660. The molecule has 0 unspecified atom stereocenters. The Balaban J connectivity index is 0.000000243. The normalized spacial score (nSPS) is 11.8. The van der Waals surface area contributed by atoms with Crippen LogP contribution in [-0.2, 0) is 26.5 Å². The number of fused-ring (bicyclic) bond motifs is 2. The molecule has 0 saturated heterocycles. The maximum atomic E-state index is 6.04. The van der Waals surface area contributed by atoms with Gasteiger partial charge in [0.15, 0.2) is 0 Å². The van der Waals surface area contributed by atoms with Crippen molar-refractivity contribution < 1.29 is 24.5 Å². The largest absolute Gasteiger partial charge is 0.557 e. The standard InChI is InChI=1S/C36H35N2O.C18H24NSi.Ir/c1-22(2)26-16-17-28-31(21-39-34(28)20-26)36-37-32-14-10-11-15-33(32)38(36)35-29(23(3)4)18-27(19-30(35)24(5)6)25-12-8-7-9-13-25;1-14(2)11-16-12-17(15-9-7-6-8-10-15)19-13-18(16)20(3,4)5;/h7-20,22-24H,1-6H3;6-9,12-14H,11H2,1-5H3;/q2*-1;. The smallest absolute Gasteiger partial charge is 0.0798 e. The van der Waals surface area contributed by atoms with E-state index in [1.807, 2.05) is 18.2 Å². The van der Waals surface area contributed by atoms with Gasteiger partial charge in [0.05, 0.1) is 24.9 Å². The summed E-state index contributed by atoms with van der Waals surface area (Å²) in [6, 6.07) is 43.9. The number of hydrogen-bond donors (Lipinski definition) is 0. The number of furan rings is 1. The molecule has 0 bridgehead atoms. The molecule has 0 aliphatic heterocycles. The molecule has 0 amide bonds. The van der Waals surface area contributed by atoms with Gasteiger partial charge in [-0.2, -0.15) is 0 Å². The number of aromatic nitrogens is 3. The van der Waals surface area contributed by atoms with Crippen LogP contribution in [0, 0.1) is 18.2 Å². The van der Waals surface area contributed by atoms with Gasteiger partial charge in [0.25, 0.3) is 0 Å². The second-order valence-corrected chi connectivity index (χ2v) is 23.3. The monoisotopic (exact) mass is 986 g/mol. The second kappa shape index (κ2) is 18.8. The summed E-state index contributed by atoms with van der Waals surface area (Å²) in [6.07, 6.45) is 6.48. The van der Waals surface area contributed by atoms with Crippen LogP contribution in [0.3, 0.4) is 0 Å². The zero-order valence-electron chi connectivity index (χ0n) is 37.1. The van der Waals surface area contributed by atoms with Crippen LogP contribution in [0.2, 0.25) is 19.6 Å². The fraction of sp³-hybridized carbons (Fsp3) is 0.296. The minimum Gasteiger partial charge on any atom is -0.557 e. The number of pyridine rings is 1. The van der Waals surface area contributed by atoms with Gasteiger partial charge in [-0.05, 0) is 87.5 Å².